The van der Waals surface area contributed by atoms with Crippen LogP contribution in [0.5, 0.6) is 0 Å². The Morgan fingerprint density at radius 3 is 2.36 bits per heavy atom. The quantitative estimate of drug-likeness (QED) is 0.746. The minimum Gasteiger partial charge on any atom is -0.381 e. The summed E-state index contributed by atoms with van der Waals surface area (Å²) in [5, 5.41) is 10.4. The molecule has 3 N–H and O–H groups in total. The Morgan fingerprint density at radius 1 is 1.12 bits per heavy atom. The second-order valence-corrected chi connectivity index (χ2v) is 8.81. The topological polar surface area (TPSA) is 98.2 Å². The molecular formula is C18H21N3O3S. The fourth-order valence-corrected chi connectivity index (χ4v) is 3.93. The third-order valence-electron chi connectivity index (χ3n) is 4.39. The molecule has 1 atom stereocenters. The van der Waals surface area contributed by atoms with Crippen molar-refractivity contribution in [2.24, 2.45) is 0 Å². The highest BCUT2D eigenvalue weighted by Crippen LogP contribution is 2.32. The van der Waals surface area contributed by atoms with Gasteiger partial charge in [-0.15, -0.1) is 0 Å². The van der Waals surface area contributed by atoms with E-state index in [1.807, 2.05) is 30.3 Å². The summed E-state index contributed by atoms with van der Waals surface area (Å²) in [7, 11) is -3.67. The molecule has 0 aliphatic carbocycles. The molecule has 0 bridgehead atoms. The van der Waals surface area contributed by atoms with Crippen molar-refractivity contribution in [3.05, 3.63) is 59.7 Å². The molecule has 0 aliphatic heterocycles. The molecule has 0 saturated heterocycles. The first-order valence-corrected chi connectivity index (χ1v) is 9.46. The zero-order chi connectivity index (χ0) is 18.4. The summed E-state index contributed by atoms with van der Waals surface area (Å²) in [6, 6.07) is 14.2. The number of nitrogens with zero attached hydrogens (tertiary/aromatic N) is 2. The van der Waals surface area contributed by atoms with Gasteiger partial charge < -0.3 is 10.8 Å². The van der Waals surface area contributed by atoms with E-state index in [1.165, 1.54) is 0 Å². The van der Waals surface area contributed by atoms with Gasteiger partial charge in [0.05, 0.1) is 16.3 Å². The minimum atomic E-state index is -3.67. The maximum atomic E-state index is 12.6. The molecule has 0 fully saturated rings. The lowest BCUT2D eigenvalue weighted by molar-refractivity contribution is 0.102. The van der Waals surface area contributed by atoms with Crippen molar-refractivity contribution in [1.29, 1.82) is 0 Å². The molecule has 0 aliphatic rings. The lowest BCUT2D eigenvalue weighted by Crippen LogP contribution is -2.25. The van der Waals surface area contributed by atoms with Gasteiger partial charge in [0.1, 0.15) is 5.60 Å². The summed E-state index contributed by atoms with van der Waals surface area (Å²) in [5.74, 6) is -0.0831. The molecule has 3 rings (SSSR count). The van der Waals surface area contributed by atoms with Gasteiger partial charge in [-0.25, -0.2) is 17.4 Å². The molecule has 3 aromatic rings. The number of rotatable bonds is 4. The Labute approximate surface area is 147 Å². The zero-order valence-corrected chi connectivity index (χ0v) is 15.2. The average Bonchev–Trinajstić information content (AvgIpc) is 2.90. The Hall–Kier alpha value is -2.38. The van der Waals surface area contributed by atoms with E-state index in [1.54, 1.807) is 39.0 Å². The predicted octanol–water partition coefficient (Wildman–Crippen LogP) is 2.46. The van der Waals surface area contributed by atoms with Crippen LogP contribution in [0.25, 0.3) is 11.0 Å². The first kappa shape index (κ1) is 17.4. The van der Waals surface area contributed by atoms with Crippen molar-refractivity contribution < 1.29 is 13.5 Å². The molecule has 6 nitrogen and oxygen atoms in total. The Morgan fingerprint density at radius 2 is 1.76 bits per heavy atom. The highest BCUT2D eigenvalue weighted by Gasteiger charge is 2.29. The fraction of sp³-hybridized carbons (Fsp3) is 0.278. The highest BCUT2D eigenvalue weighted by atomic mass is 32.2. The molecule has 0 spiro atoms. The summed E-state index contributed by atoms with van der Waals surface area (Å²) in [5.41, 5.74) is 6.68. The molecule has 1 unspecified atom stereocenters. The maximum absolute atomic E-state index is 12.6. The van der Waals surface area contributed by atoms with E-state index in [4.69, 9.17) is 5.73 Å². The van der Waals surface area contributed by atoms with Gasteiger partial charge in [0.15, 0.2) is 0 Å². The average molecular weight is 359 g/mol. The van der Waals surface area contributed by atoms with Crippen LogP contribution in [-0.4, -0.2) is 27.7 Å². The highest BCUT2D eigenvalue weighted by molar-refractivity contribution is 7.90. The van der Waals surface area contributed by atoms with Crippen LogP contribution in [0.1, 0.15) is 31.9 Å². The molecular weight excluding hydrogens is 338 g/mol. The van der Waals surface area contributed by atoms with Crippen LogP contribution < -0.4 is 5.73 Å². The van der Waals surface area contributed by atoms with E-state index in [0.717, 1.165) is 3.97 Å². The largest absolute Gasteiger partial charge is 0.381 e. The third-order valence-corrected chi connectivity index (χ3v) is 6.47. The summed E-state index contributed by atoms with van der Waals surface area (Å²) < 4.78 is 26.3. The number of imidazole rings is 1. The molecule has 132 valence electrons. The Bertz CT molecular complexity index is 1020. The molecule has 1 aromatic heterocycles. The monoisotopic (exact) mass is 359 g/mol. The van der Waals surface area contributed by atoms with E-state index >= 15 is 0 Å². The van der Waals surface area contributed by atoms with Crippen molar-refractivity contribution in [3.8, 4) is 0 Å². The van der Waals surface area contributed by atoms with Gasteiger partial charge in [0, 0.05) is 0 Å². The predicted molar refractivity (Wildman–Crippen MR) is 98.7 cm³/mol. The van der Waals surface area contributed by atoms with Gasteiger partial charge in [-0.3, -0.25) is 0 Å². The SMILES string of the molecule is CC(C)S(=O)(=O)n1c(N)nc2ccc(C(C)(O)c3ccccc3)cc21. The number of fused-ring (bicyclic) bond motifs is 1. The van der Waals surface area contributed by atoms with Gasteiger partial charge in [-0.1, -0.05) is 36.4 Å². The van der Waals surface area contributed by atoms with Crippen LogP contribution in [0.2, 0.25) is 0 Å². The van der Waals surface area contributed by atoms with Gasteiger partial charge in [-0.2, -0.15) is 0 Å². The first-order valence-electron chi connectivity index (χ1n) is 7.96. The molecule has 2 aromatic carbocycles. The summed E-state index contributed by atoms with van der Waals surface area (Å²) in [4.78, 5) is 4.14. The van der Waals surface area contributed by atoms with E-state index in [2.05, 4.69) is 4.98 Å². The van der Waals surface area contributed by atoms with Crippen LogP contribution in [0.4, 0.5) is 5.95 Å². The second kappa shape index (κ2) is 5.86. The Kier molecular flexibility index (Phi) is 4.09. The van der Waals surface area contributed by atoms with E-state index < -0.39 is 20.9 Å². The van der Waals surface area contributed by atoms with Crippen LogP contribution in [0.15, 0.2) is 48.5 Å². The van der Waals surface area contributed by atoms with Crippen LogP contribution in [0.3, 0.4) is 0 Å². The minimum absolute atomic E-state index is 0.0831. The van der Waals surface area contributed by atoms with Gasteiger partial charge >= 0.3 is 0 Å². The summed E-state index contributed by atoms with van der Waals surface area (Å²) in [6.07, 6.45) is 0. The van der Waals surface area contributed by atoms with Crippen molar-refractivity contribution in [2.45, 2.75) is 31.6 Å². The maximum Gasteiger partial charge on any atom is 0.244 e. The van der Waals surface area contributed by atoms with Crippen molar-refractivity contribution >= 4 is 27.0 Å². The molecule has 0 saturated carbocycles. The standard InChI is InChI=1S/C18H21N3O3S/c1-12(2)25(23,24)21-16-11-14(9-10-15(16)20-17(21)19)18(3,22)13-7-5-4-6-8-13/h4-12,22H,1-3H3,(H2,19,20). The molecule has 1 heterocycles. The van der Waals surface area contributed by atoms with Gasteiger partial charge in [0.2, 0.25) is 16.0 Å². The van der Waals surface area contributed by atoms with Crippen LogP contribution in [-0.2, 0) is 15.6 Å². The van der Waals surface area contributed by atoms with Crippen molar-refractivity contribution in [2.75, 3.05) is 5.73 Å². The number of aromatic nitrogens is 2. The number of hydrogen-bond acceptors (Lipinski definition) is 5. The molecule has 7 heteroatoms. The van der Waals surface area contributed by atoms with Gasteiger partial charge in [0.25, 0.3) is 0 Å². The Balaban J connectivity index is 2.25. The summed E-state index contributed by atoms with van der Waals surface area (Å²) >= 11 is 0. The van der Waals surface area contributed by atoms with Crippen molar-refractivity contribution in [3.63, 3.8) is 0 Å². The first-order chi connectivity index (χ1) is 11.7. The lowest BCUT2D eigenvalue weighted by atomic mass is 9.88. The van der Waals surface area contributed by atoms with Crippen LogP contribution >= 0.6 is 0 Å². The number of hydrogen-bond donors (Lipinski definition) is 2. The van der Waals surface area contributed by atoms with Gasteiger partial charge in [-0.05, 0) is 44.0 Å². The van der Waals surface area contributed by atoms with E-state index in [9.17, 15) is 13.5 Å². The van der Waals surface area contributed by atoms with E-state index in [0.29, 0.717) is 22.2 Å². The zero-order valence-electron chi connectivity index (χ0n) is 14.3. The second-order valence-electron chi connectivity index (χ2n) is 6.47. The number of anilines is 1. The third kappa shape index (κ3) is 2.79. The number of benzene rings is 2. The summed E-state index contributed by atoms with van der Waals surface area (Å²) in [6.45, 7) is 4.85. The lowest BCUT2D eigenvalue weighted by Gasteiger charge is -2.24. The van der Waals surface area contributed by atoms with Crippen LogP contribution in [0, 0.1) is 0 Å². The normalized spacial score (nSPS) is 14.8. The number of aliphatic hydroxyl groups is 1. The number of nitrogens with two attached hydrogens (primary N) is 1. The van der Waals surface area contributed by atoms with E-state index in [-0.39, 0.29) is 5.95 Å². The fourth-order valence-electron chi connectivity index (χ4n) is 2.78. The molecule has 0 radical (unpaired) electrons. The number of nitrogen functional groups attached to an aromatic ring is 1. The molecule has 0 amide bonds. The smallest absolute Gasteiger partial charge is 0.244 e. The van der Waals surface area contributed by atoms with Crippen molar-refractivity contribution in [1.82, 2.24) is 8.96 Å². The molecule has 25 heavy (non-hydrogen) atoms.